The molecule has 41 heavy (non-hydrogen) atoms. The van der Waals surface area contributed by atoms with Crippen LogP contribution in [0.4, 0.5) is 17.1 Å². The van der Waals surface area contributed by atoms with Gasteiger partial charge in [0.25, 0.3) is 0 Å². The van der Waals surface area contributed by atoms with E-state index in [1.54, 1.807) is 0 Å². The van der Waals surface area contributed by atoms with Crippen LogP contribution >= 0.6 is 11.8 Å². The van der Waals surface area contributed by atoms with Crippen LogP contribution < -0.4 is 4.90 Å². The lowest BCUT2D eigenvalue weighted by Crippen LogP contribution is -2.10. The molecule has 2 aromatic heterocycles. The smallest absolute Gasteiger partial charge is 0.159 e. The molecule has 8 aromatic rings. The van der Waals surface area contributed by atoms with Crippen molar-refractivity contribution in [3.63, 3.8) is 0 Å². The Bertz CT molecular complexity index is 2220. The zero-order chi connectivity index (χ0) is 27.5. The SMILES string of the molecule is CC(C)Sc1ccc(N(c2ccc3c(c2)oc2ccc4ccccc4c23)c2cccc3c2oc2ccccc23)cc1. The van der Waals surface area contributed by atoms with Crippen LogP contribution in [0.5, 0.6) is 0 Å². The van der Waals surface area contributed by atoms with Gasteiger partial charge in [-0.25, -0.2) is 0 Å². The lowest BCUT2D eigenvalue weighted by Gasteiger charge is -2.25. The van der Waals surface area contributed by atoms with Gasteiger partial charge in [-0.1, -0.05) is 74.5 Å². The van der Waals surface area contributed by atoms with Gasteiger partial charge >= 0.3 is 0 Å². The molecule has 3 nitrogen and oxygen atoms in total. The maximum atomic E-state index is 6.50. The van der Waals surface area contributed by atoms with E-state index in [0.29, 0.717) is 5.25 Å². The molecular formula is C37H27NO2S. The van der Waals surface area contributed by atoms with E-state index in [4.69, 9.17) is 8.83 Å². The summed E-state index contributed by atoms with van der Waals surface area (Å²) in [4.78, 5) is 3.53. The maximum absolute atomic E-state index is 6.50. The second kappa shape index (κ2) is 9.46. The van der Waals surface area contributed by atoms with Crippen LogP contribution in [0.2, 0.25) is 0 Å². The zero-order valence-electron chi connectivity index (χ0n) is 22.8. The Balaban J connectivity index is 1.36. The first-order chi connectivity index (χ1) is 20.1. The molecule has 0 fully saturated rings. The summed E-state index contributed by atoms with van der Waals surface area (Å²) < 4.78 is 13.0. The van der Waals surface area contributed by atoms with Crippen LogP contribution in [0.3, 0.4) is 0 Å². The van der Waals surface area contributed by atoms with Crippen molar-refractivity contribution in [1.82, 2.24) is 0 Å². The molecule has 0 atom stereocenters. The van der Waals surface area contributed by atoms with Crippen LogP contribution in [0.1, 0.15) is 13.8 Å². The molecule has 0 unspecified atom stereocenters. The number of thioether (sulfide) groups is 1. The van der Waals surface area contributed by atoms with Crippen LogP contribution in [0, 0.1) is 0 Å². The molecule has 0 aliphatic carbocycles. The lowest BCUT2D eigenvalue weighted by molar-refractivity contribution is 0.667. The topological polar surface area (TPSA) is 29.5 Å². The summed E-state index contributed by atoms with van der Waals surface area (Å²) in [6.45, 7) is 4.44. The normalized spacial score (nSPS) is 12.0. The van der Waals surface area contributed by atoms with E-state index >= 15 is 0 Å². The van der Waals surface area contributed by atoms with Gasteiger partial charge in [-0.3, -0.25) is 0 Å². The first-order valence-corrected chi connectivity index (χ1v) is 14.8. The Morgan fingerprint density at radius 1 is 0.561 bits per heavy atom. The van der Waals surface area contributed by atoms with Gasteiger partial charge in [0.2, 0.25) is 0 Å². The molecule has 198 valence electrons. The van der Waals surface area contributed by atoms with E-state index in [2.05, 4.69) is 128 Å². The van der Waals surface area contributed by atoms with E-state index in [0.717, 1.165) is 60.9 Å². The molecule has 8 rings (SSSR count). The second-order valence-electron chi connectivity index (χ2n) is 10.7. The zero-order valence-corrected chi connectivity index (χ0v) is 23.6. The van der Waals surface area contributed by atoms with Crippen molar-refractivity contribution in [2.24, 2.45) is 0 Å². The number of para-hydroxylation sites is 2. The first kappa shape index (κ1) is 24.2. The molecule has 0 saturated carbocycles. The maximum Gasteiger partial charge on any atom is 0.159 e. The molecule has 0 bridgehead atoms. The molecule has 4 heteroatoms. The summed E-state index contributed by atoms with van der Waals surface area (Å²) >= 11 is 1.87. The van der Waals surface area contributed by atoms with Crippen molar-refractivity contribution < 1.29 is 8.83 Å². The number of fused-ring (bicyclic) bond motifs is 8. The molecule has 0 aliphatic heterocycles. The number of hydrogen-bond acceptors (Lipinski definition) is 4. The van der Waals surface area contributed by atoms with Crippen LogP contribution in [-0.4, -0.2) is 5.25 Å². The highest BCUT2D eigenvalue weighted by Crippen LogP contribution is 2.44. The molecule has 0 radical (unpaired) electrons. The predicted octanol–water partition coefficient (Wildman–Crippen LogP) is 11.6. The molecule has 0 saturated heterocycles. The number of furan rings is 2. The molecule has 0 amide bonds. The van der Waals surface area contributed by atoms with E-state index in [1.807, 2.05) is 23.9 Å². The van der Waals surface area contributed by atoms with Gasteiger partial charge in [-0.05, 0) is 65.4 Å². The van der Waals surface area contributed by atoms with Gasteiger partial charge in [0, 0.05) is 43.4 Å². The monoisotopic (exact) mass is 549 g/mol. The van der Waals surface area contributed by atoms with E-state index in [1.165, 1.54) is 15.7 Å². The summed E-state index contributed by atoms with van der Waals surface area (Å²) in [5.41, 5.74) is 6.58. The first-order valence-electron chi connectivity index (χ1n) is 14.0. The van der Waals surface area contributed by atoms with Crippen molar-refractivity contribution in [2.45, 2.75) is 24.0 Å². The van der Waals surface area contributed by atoms with Crippen LogP contribution in [-0.2, 0) is 0 Å². The number of nitrogens with zero attached hydrogens (tertiary/aromatic N) is 1. The highest BCUT2D eigenvalue weighted by Gasteiger charge is 2.21. The Morgan fingerprint density at radius 2 is 1.32 bits per heavy atom. The van der Waals surface area contributed by atoms with Crippen LogP contribution in [0.15, 0.2) is 135 Å². The summed E-state index contributed by atoms with van der Waals surface area (Å²) in [7, 11) is 0. The third kappa shape index (κ3) is 3.98. The van der Waals surface area contributed by atoms with Gasteiger partial charge in [-0.15, -0.1) is 11.8 Å². The third-order valence-electron chi connectivity index (χ3n) is 7.69. The van der Waals surface area contributed by atoms with Crippen molar-refractivity contribution in [1.29, 1.82) is 0 Å². The molecule has 0 N–H and O–H groups in total. The minimum absolute atomic E-state index is 0.521. The number of rotatable bonds is 5. The van der Waals surface area contributed by atoms with Gasteiger partial charge in [-0.2, -0.15) is 0 Å². The average molecular weight is 550 g/mol. The lowest BCUT2D eigenvalue weighted by atomic mass is 10.0. The fourth-order valence-corrected chi connectivity index (χ4v) is 6.79. The molecule has 0 aliphatic rings. The van der Waals surface area contributed by atoms with Gasteiger partial charge in [0.1, 0.15) is 16.7 Å². The summed E-state index contributed by atoms with van der Waals surface area (Å²) in [5, 5.41) is 7.44. The minimum atomic E-state index is 0.521. The summed E-state index contributed by atoms with van der Waals surface area (Å²) in [6, 6.07) is 42.7. The molecular weight excluding hydrogens is 522 g/mol. The highest BCUT2D eigenvalue weighted by atomic mass is 32.2. The summed E-state index contributed by atoms with van der Waals surface area (Å²) in [5.74, 6) is 0. The number of hydrogen-bond donors (Lipinski definition) is 0. The average Bonchev–Trinajstić information content (AvgIpc) is 3.57. The summed E-state index contributed by atoms with van der Waals surface area (Å²) in [6.07, 6.45) is 0. The molecule has 6 aromatic carbocycles. The van der Waals surface area contributed by atoms with Crippen LogP contribution in [0.25, 0.3) is 54.6 Å². The second-order valence-corrected chi connectivity index (χ2v) is 12.3. The van der Waals surface area contributed by atoms with Gasteiger partial charge in [0.05, 0.1) is 11.4 Å². The van der Waals surface area contributed by atoms with Crippen molar-refractivity contribution in [3.8, 4) is 0 Å². The number of benzene rings is 6. The Kier molecular flexibility index (Phi) is 5.58. The molecule has 0 spiro atoms. The Hall–Kier alpha value is -4.67. The van der Waals surface area contributed by atoms with Gasteiger partial charge in [0.15, 0.2) is 5.58 Å². The Morgan fingerprint density at radius 3 is 2.17 bits per heavy atom. The van der Waals surface area contributed by atoms with E-state index < -0.39 is 0 Å². The van der Waals surface area contributed by atoms with Crippen molar-refractivity contribution in [2.75, 3.05) is 4.90 Å². The quantitative estimate of drug-likeness (QED) is 0.200. The largest absolute Gasteiger partial charge is 0.456 e. The van der Waals surface area contributed by atoms with Crippen molar-refractivity contribution >= 4 is 83.5 Å². The third-order valence-corrected chi connectivity index (χ3v) is 8.71. The highest BCUT2D eigenvalue weighted by molar-refractivity contribution is 7.99. The number of anilines is 3. The fraction of sp³-hybridized carbons (Fsp3) is 0.0811. The minimum Gasteiger partial charge on any atom is -0.456 e. The fourth-order valence-electron chi connectivity index (χ4n) is 5.96. The predicted molar refractivity (Wildman–Crippen MR) is 174 cm³/mol. The standard InChI is InChI=1S/C37H27NO2S/c1-23(2)41-27-18-15-25(16-19-27)38(32-12-7-11-30-29-10-5-6-13-33(29)40-37(30)32)26-17-20-31-35(22-26)39-34-21-14-24-8-3-4-9-28(24)36(31)34/h3-23H,1-2H3. The van der Waals surface area contributed by atoms with E-state index in [-0.39, 0.29) is 0 Å². The van der Waals surface area contributed by atoms with Crippen molar-refractivity contribution in [3.05, 3.63) is 121 Å². The van der Waals surface area contributed by atoms with Gasteiger partial charge < -0.3 is 13.7 Å². The molecule has 2 heterocycles. The Labute approximate surface area is 242 Å². The van der Waals surface area contributed by atoms with E-state index in [9.17, 15) is 0 Å².